The second-order valence-corrected chi connectivity index (χ2v) is 7.54. The van der Waals surface area contributed by atoms with Crippen molar-refractivity contribution in [1.29, 1.82) is 0 Å². The van der Waals surface area contributed by atoms with Crippen LogP contribution in [0.25, 0.3) is 10.7 Å². The van der Waals surface area contributed by atoms with Crippen molar-refractivity contribution >= 4 is 42.1 Å². The van der Waals surface area contributed by atoms with E-state index >= 15 is 0 Å². The van der Waals surface area contributed by atoms with E-state index < -0.39 is 0 Å². The second kappa shape index (κ2) is 9.08. The Hall–Kier alpha value is -1.28. The number of halogens is 2. The summed E-state index contributed by atoms with van der Waals surface area (Å²) in [5.74, 6) is 0.150. The molecule has 9 heteroatoms. The van der Waals surface area contributed by atoms with E-state index in [-0.39, 0.29) is 30.7 Å². The standard InChI is InChI=1S/C17H21N5OS.2ClH/c1-22(14-6-11-2-3-12(7-14)20-11)16(23)8-13-10-24-17(21-13)15-9-18-4-5-19-15;;/h4-5,9-12,14,20H,2-3,6-8H2,1H3;2*1H. The molecule has 2 fully saturated rings. The molecular formula is C17H23Cl2N5OS. The third-order valence-electron chi connectivity index (χ3n) is 5.06. The topological polar surface area (TPSA) is 71.0 Å². The molecule has 142 valence electrons. The minimum absolute atomic E-state index is 0. The summed E-state index contributed by atoms with van der Waals surface area (Å²) in [5.41, 5.74) is 1.57. The van der Waals surface area contributed by atoms with Gasteiger partial charge in [0.15, 0.2) is 0 Å². The van der Waals surface area contributed by atoms with E-state index in [0.717, 1.165) is 29.2 Å². The van der Waals surface area contributed by atoms with Crippen molar-refractivity contribution in [2.24, 2.45) is 0 Å². The largest absolute Gasteiger partial charge is 0.342 e. The molecule has 0 aliphatic carbocycles. The molecule has 1 N–H and O–H groups in total. The number of nitrogens with zero attached hydrogens (tertiary/aromatic N) is 4. The minimum Gasteiger partial charge on any atom is -0.342 e. The number of amides is 1. The maximum absolute atomic E-state index is 12.6. The van der Waals surface area contributed by atoms with Gasteiger partial charge in [0.25, 0.3) is 0 Å². The third kappa shape index (κ3) is 4.52. The van der Waals surface area contributed by atoms with Gasteiger partial charge in [-0.05, 0) is 25.7 Å². The summed E-state index contributed by atoms with van der Waals surface area (Å²) in [6.07, 6.45) is 9.98. The fraction of sp³-hybridized carbons (Fsp3) is 0.529. The summed E-state index contributed by atoms with van der Waals surface area (Å²) in [7, 11) is 1.94. The number of nitrogens with one attached hydrogen (secondary N) is 1. The van der Waals surface area contributed by atoms with E-state index in [4.69, 9.17) is 0 Å². The average molecular weight is 416 g/mol. The predicted molar refractivity (Wildman–Crippen MR) is 107 cm³/mol. The minimum atomic E-state index is 0. The van der Waals surface area contributed by atoms with Gasteiger partial charge in [-0.1, -0.05) is 0 Å². The lowest BCUT2D eigenvalue weighted by Crippen LogP contribution is -2.49. The number of rotatable bonds is 4. The summed E-state index contributed by atoms with van der Waals surface area (Å²) in [6.45, 7) is 0. The van der Waals surface area contributed by atoms with E-state index in [0.29, 0.717) is 24.5 Å². The van der Waals surface area contributed by atoms with Crippen LogP contribution in [0.5, 0.6) is 0 Å². The van der Waals surface area contributed by atoms with Crippen LogP contribution in [0.4, 0.5) is 0 Å². The Morgan fingerprint density at radius 2 is 2.00 bits per heavy atom. The molecular weight excluding hydrogens is 393 g/mol. The Bertz CT molecular complexity index is 717. The van der Waals surface area contributed by atoms with Crippen molar-refractivity contribution in [1.82, 2.24) is 25.2 Å². The quantitative estimate of drug-likeness (QED) is 0.830. The van der Waals surface area contributed by atoms with Gasteiger partial charge >= 0.3 is 0 Å². The molecule has 2 bridgehead atoms. The second-order valence-electron chi connectivity index (χ2n) is 6.68. The zero-order valence-electron chi connectivity index (χ0n) is 14.5. The normalized spacial score (nSPS) is 23.7. The highest BCUT2D eigenvalue weighted by Gasteiger charge is 2.36. The van der Waals surface area contributed by atoms with E-state index in [9.17, 15) is 4.79 Å². The summed E-state index contributed by atoms with van der Waals surface area (Å²) >= 11 is 1.51. The third-order valence-corrected chi connectivity index (χ3v) is 5.97. The number of aromatic nitrogens is 3. The van der Waals surface area contributed by atoms with Crippen LogP contribution >= 0.6 is 36.2 Å². The van der Waals surface area contributed by atoms with Gasteiger partial charge in [0.05, 0.1) is 18.3 Å². The van der Waals surface area contributed by atoms with Gasteiger partial charge in [-0.15, -0.1) is 36.2 Å². The lowest BCUT2D eigenvalue weighted by molar-refractivity contribution is -0.132. The van der Waals surface area contributed by atoms with Crippen LogP contribution in [0.2, 0.25) is 0 Å². The molecule has 26 heavy (non-hydrogen) atoms. The number of fused-ring (bicyclic) bond motifs is 2. The Labute approximate surface area is 169 Å². The van der Waals surface area contributed by atoms with Crippen LogP contribution in [0.1, 0.15) is 31.4 Å². The molecule has 2 aromatic rings. The molecule has 0 aromatic carbocycles. The van der Waals surface area contributed by atoms with Gasteiger partial charge in [0.2, 0.25) is 5.91 Å². The van der Waals surface area contributed by atoms with Gasteiger partial charge in [0, 0.05) is 42.9 Å². The summed E-state index contributed by atoms with van der Waals surface area (Å²) in [6, 6.07) is 1.53. The molecule has 6 nitrogen and oxygen atoms in total. The molecule has 0 spiro atoms. The number of hydrogen-bond donors (Lipinski definition) is 1. The van der Waals surface area contributed by atoms with Gasteiger partial charge in [-0.2, -0.15) is 0 Å². The highest BCUT2D eigenvalue weighted by Crippen LogP contribution is 2.29. The maximum Gasteiger partial charge on any atom is 0.228 e. The molecule has 2 saturated heterocycles. The number of carbonyl (C=O) groups excluding carboxylic acids is 1. The van der Waals surface area contributed by atoms with Crippen LogP contribution in [-0.2, 0) is 11.2 Å². The first-order valence-electron chi connectivity index (χ1n) is 8.41. The molecule has 2 aliphatic rings. The number of likely N-dealkylation sites (N-methyl/N-ethyl adjacent to an activating group) is 1. The van der Waals surface area contributed by atoms with Crippen LogP contribution < -0.4 is 5.32 Å². The van der Waals surface area contributed by atoms with Gasteiger partial charge in [-0.3, -0.25) is 14.8 Å². The first kappa shape index (κ1) is 21.0. The van der Waals surface area contributed by atoms with Crippen molar-refractivity contribution in [3.05, 3.63) is 29.7 Å². The van der Waals surface area contributed by atoms with Crippen molar-refractivity contribution in [3.63, 3.8) is 0 Å². The molecule has 2 aromatic heterocycles. The Morgan fingerprint density at radius 3 is 2.65 bits per heavy atom. The monoisotopic (exact) mass is 415 g/mol. The van der Waals surface area contributed by atoms with Gasteiger partial charge < -0.3 is 10.2 Å². The number of hydrogen-bond acceptors (Lipinski definition) is 6. The molecule has 1 amide bonds. The fourth-order valence-corrected chi connectivity index (χ4v) is 4.52. The Balaban J connectivity index is 0.00000121. The lowest BCUT2D eigenvalue weighted by atomic mass is 9.98. The number of thiazole rings is 1. The molecule has 4 heterocycles. The molecule has 2 unspecified atom stereocenters. The number of piperidine rings is 1. The van der Waals surface area contributed by atoms with E-state index in [2.05, 4.69) is 20.3 Å². The smallest absolute Gasteiger partial charge is 0.228 e. The highest BCUT2D eigenvalue weighted by atomic mass is 35.5. The van der Waals surface area contributed by atoms with Crippen LogP contribution in [0, 0.1) is 0 Å². The van der Waals surface area contributed by atoms with Crippen LogP contribution in [-0.4, -0.2) is 50.9 Å². The molecule has 2 atom stereocenters. The van der Waals surface area contributed by atoms with Crippen LogP contribution in [0.3, 0.4) is 0 Å². The fourth-order valence-electron chi connectivity index (χ4n) is 3.74. The Kier molecular flexibility index (Phi) is 7.34. The maximum atomic E-state index is 12.6. The SMILES string of the molecule is CN(C(=O)Cc1csc(-c2cnccn2)n1)C1CC2CCC(C1)N2.Cl.Cl. The lowest BCUT2D eigenvalue weighted by Gasteiger charge is -2.35. The zero-order chi connectivity index (χ0) is 16.5. The summed E-state index contributed by atoms with van der Waals surface area (Å²) < 4.78 is 0. The molecule has 2 aliphatic heterocycles. The highest BCUT2D eigenvalue weighted by molar-refractivity contribution is 7.13. The van der Waals surface area contributed by atoms with Crippen molar-refractivity contribution in [3.8, 4) is 10.7 Å². The van der Waals surface area contributed by atoms with E-state index in [1.807, 2.05) is 17.3 Å². The zero-order valence-corrected chi connectivity index (χ0v) is 16.9. The van der Waals surface area contributed by atoms with Crippen LogP contribution in [0.15, 0.2) is 24.0 Å². The molecule has 4 rings (SSSR count). The van der Waals surface area contributed by atoms with Crippen molar-refractivity contribution < 1.29 is 4.79 Å². The molecule has 0 radical (unpaired) electrons. The first-order chi connectivity index (χ1) is 11.7. The first-order valence-corrected chi connectivity index (χ1v) is 9.29. The van der Waals surface area contributed by atoms with Gasteiger partial charge in [0.1, 0.15) is 10.7 Å². The van der Waals surface area contributed by atoms with Gasteiger partial charge in [-0.25, -0.2) is 4.98 Å². The molecule has 0 saturated carbocycles. The summed E-state index contributed by atoms with van der Waals surface area (Å²) in [4.78, 5) is 27.4. The van der Waals surface area contributed by atoms with E-state index in [1.54, 1.807) is 18.6 Å². The van der Waals surface area contributed by atoms with E-state index in [1.165, 1.54) is 24.2 Å². The summed E-state index contributed by atoms with van der Waals surface area (Å²) in [5, 5.41) is 6.38. The number of carbonyl (C=O) groups is 1. The Morgan fingerprint density at radius 1 is 1.27 bits per heavy atom. The van der Waals surface area contributed by atoms with Crippen molar-refractivity contribution in [2.75, 3.05) is 7.05 Å². The predicted octanol–water partition coefficient (Wildman–Crippen LogP) is 2.73. The van der Waals surface area contributed by atoms with Crippen molar-refractivity contribution in [2.45, 2.75) is 50.2 Å². The average Bonchev–Trinajstić information content (AvgIpc) is 3.21.